The number of amides is 3. The van der Waals surface area contributed by atoms with Crippen LogP contribution in [-0.4, -0.2) is 65.6 Å². The summed E-state index contributed by atoms with van der Waals surface area (Å²) >= 11 is 0. The SMILES string of the molecule is CN(C)Cc1cncc(NC(=O)C(=N)c2cc(-c3cncc(NC(=O)N(C)C)c3)ccc2N)c1. The number of urea groups is 1. The van der Waals surface area contributed by atoms with Crippen molar-refractivity contribution in [1.29, 1.82) is 5.41 Å². The number of nitrogens with zero attached hydrogens (tertiary/aromatic N) is 4. The normalized spacial score (nSPS) is 10.6. The van der Waals surface area contributed by atoms with Crippen molar-refractivity contribution in [3.8, 4) is 11.1 Å². The van der Waals surface area contributed by atoms with Gasteiger partial charge in [0.2, 0.25) is 0 Å². The van der Waals surface area contributed by atoms with Gasteiger partial charge >= 0.3 is 6.03 Å². The number of hydrogen-bond donors (Lipinski definition) is 4. The summed E-state index contributed by atoms with van der Waals surface area (Å²) in [5.74, 6) is -0.599. The molecule has 10 heteroatoms. The van der Waals surface area contributed by atoms with Gasteiger partial charge in [0, 0.05) is 49.8 Å². The van der Waals surface area contributed by atoms with E-state index in [-0.39, 0.29) is 17.3 Å². The fraction of sp³-hybridized carbons (Fsp3) is 0.208. The Morgan fingerprint density at radius 1 is 0.912 bits per heavy atom. The molecule has 5 N–H and O–H groups in total. The summed E-state index contributed by atoms with van der Waals surface area (Å²) < 4.78 is 0. The Hall–Kier alpha value is -4.31. The highest BCUT2D eigenvalue weighted by Gasteiger charge is 2.17. The van der Waals surface area contributed by atoms with Crippen molar-refractivity contribution in [3.63, 3.8) is 0 Å². The Kier molecular flexibility index (Phi) is 7.54. The molecule has 0 fully saturated rings. The van der Waals surface area contributed by atoms with Crippen LogP contribution >= 0.6 is 0 Å². The number of pyridine rings is 2. The van der Waals surface area contributed by atoms with Gasteiger partial charge in [-0.1, -0.05) is 6.07 Å². The Balaban J connectivity index is 1.81. The van der Waals surface area contributed by atoms with Gasteiger partial charge < -0.3 is 26.2 Å². The maximum atomic E-state index is 12.8. The summed E-state index contributed by atoms with van der Waals surface area (Å²) in [5.41, 5.74) is 9.75. The second-order valence-electron chi connectivity index (χ2n) is 8.24. The monoisotopic (exact) mass is 460 g/mol. The van der Waals surface area contributed by atoms with E-state index in [1.807, 2.05) is 25.1 Å². The number of anilines is 3. The maximum Gasteiger partial charge on any atom is 0.321 e. The van der Waals surface area contributed by atoms with Crippen LogP contribution in [0.25, 0.3) is 11.1 Å². The third kappa shape index (κ3) is 6.14. The van der Waals surface area contributed by atoms with Crippen molar-refractivity contribution >= 4 is 34.7 Å². The predicted octanol–water partition coefficient (Wildman–Crippen LogP) is 2.89. The van der Waals surface area contributed by atoms with Gasteiger partial charge in [0.1, 0.15) is 5.71 Å². The van der Waals surface area contributed by atoms with Crippen LogP contribution in [0.3, 0.4) is 0 Å². The number of carbonyl (C=O) groups excluding carboxylic acids is 2. The Labute approximate surface area is 198 Å². The first-order valence-corrected chi connectivity index (χ1v) is 10.5. The number of benzene rings is 1. The van der Waals surface area contributed by atoms with Crippen LogP contribution in [0.5, 0.6) is 0 Å². The third-order valence-corrected chi connectivity index (χ3v) is 4.83. The van der Waals surface area contributed by atoms with E-state index in [4.69, 9.17) is 11.1 Å². The lowest BCUT2D eigenvalue weighted by molar-refractivity contribution is -0.110. The van der Waals surface area contributed by atoms with E-state index in [1.165, 1.54) is 17.3 Å². The summed E-state index contributed by atoms with van der Waals surface area (Å²) in [6, 6.07) is 8.36. The van der Waals surface area contributed by atoms with E-state index in [1.54, 1.807) is 50.8 Å². The first-order chi connectivity index (χ1) is 16.1. The van der Waals surface area contributed by atoms with Gasteiger partial charge in [0.25, 0.3) is 5.91 Å². The quantitative estimate of drug-likeness (QED) is 0.316. The molecule has 2 heterocycles. The van der Waals surface area contributed by atoms with E-state index >= 15 is 0 Å². The van der Waals surface area contributed by atoms with Gasteiger partial charge in [-0.25, -0.2) is 4.79 Å². The average molecular weight is 461 g/mol. The number of aromatic nitrogens is 2. The topological polar surface area (TPSA) is 140 Å². The molecule has 0 spiro atoms. The molecule has 0 saturated heterocycles. The van der Waals surface area contributed by atoms with Crippen molar-refractivity contribution in [3.05, 3.63) is 66.2 Å². The third-order valence-electron chi connectivity index (χ3n) is 4.83. The fourth-order valence-corrected chi connectivity index (χ4v) is 3.18. The second kappa shape index (κ2) is 10.5. The second-order valence-corrected chi connectivity index (χ2v) is 8.24. The number of nitrogen functional groups attached to an aromatic ring is 1. The lowest BCUT2D eigenvalue weighted by atomic mass is 10.00. The molecule has 1 aromatic carbocycles. The summed E-state index contributed by atoms with van der Waals surface area (Å²) in [4.78, 5) is 36.5. The Morgan fingerprint density at radius 3 is 2.26 bits per heavy atom. The molecule has 34 heavy (non-hydrogen) atoms. The summed E-state index contributed by atoms with van der Waals surface area (Å²) in [6.45, 7) is 0.672. The average Bonchev–Trinajstić information content (AvgIpc) is 2.78. The molecular formula is C24H28N8O2. The smallest absolute Gasteiger partial charge is 0.321 e. The van der Waals surface area contributed by atoms with Crippen LogP contribution in [0.1, 0.15) is 11.1 Å². The highest BCUT2D eigenvalue weighted by atomic mass is 16.2. The van der Waals surface area contributed by atoms with Crippen molar-refractivity contribution in [2.24, 2.45) is 0 Å². The van der Waals surface area contributed by atoms with Crippen LogP contribution in [-0.2, 0) is 11.3 Å². The number of rotatable bonds is 7. The zero-order valence-electron chi connectivity index (χ0n) is 19.6. The maximum absolute atomic E-state index is 12.8. The van der Waals surface area contributed by atoms with Crippen molar-refractivity contribution < 1.29 is 9.59 Å². The zero-order chi connectivity index (χ0) is 24.8. The van der Waals surface area contributed by atoms with Gasteiger partial charge in [-0.15, -0.1) is 0 Å². The van der Waals surface area contributed by atoms with E-state index in [2.05, 4.69) is 20.6 Å². The highest BCUT2D eigenvalue weighted by molar-refractivity contribution is 6.48. The molecule has 0 atom stereocenters. The number of nitrogens with one attached hydrogen (secondary N) is 3. The fourth-order valence-electron chi connectivity index (χ4n) is 3.18. The molecule has 10 nitrogen and oxygen atoms in total. The van der Waals surface area contributed by atoms with Gasteiger partial charge in [0.15, 0.2) is 0 Å². The largest absolute Gasteiger partial charge is 0.398 e. The molecule has 3 rings (SSSR count). The van der Waals surface area contributed by atoms with Crippen molar-refractivity contribution in [2.45, 2.75) is 6.54 Å². The minimum atomic E-state index is -0.599. The van der Waals surface area contributed by atoms with Crippen LogP contribution in [0, 0.1) is 5.41 Å². The summed E-state index contributed by atoms with van der Waals surface area (Å²) in [5, 5.41) is 13.9. The Morgan fingerprint density at radius 2 is 1.59 bits per heavy atom. The van der Waals surface area contributed by atoms with Crippen LogP contribution in [0.2, 0.25) is 0 Å². The van der Waals surface area contributed by atoms with E-state index in [0.717, 1.165) is 5.56 Å². The van der Waals surface area contributed by atoms with Gasteiger partial charge in [-0.3, -0.25) is 20.2 Å². The molecule has 0 saturated carbocycles. The zero-order valence-corrected chi connectivity index (χ0v) is 19.6. The van der Waals surface area contributed by atoms with Gasteiger partial charge in [-0.2, -0.15) is 0 Å². The van der Waals surface area contributed by atoms with Gasteiger partial charge in [-0.05, 0) is 49.5 Å². The van der Waals surface area contributed by atoms with Crippen molar-refractivity contribution in [1.82, 2.24) is 19.8 Å². The van der Waals surface area contributed by atoms with E-state index < -0.39 is 5.91 Å². The number of hydrogen-bond acceptors (Lipinski definition) is 7. The van der Waals surface area contributed by atoms with Crippen molar-refractivity contribution in [2.75, 3.05) is 44.6 Å². The molecule has 0 aliphatic heterocycles. The lowest BCUT2D eigenvalue weighted by Gasteiger charge is -2.14. The number of carbonyl (C=O) groups is 2. The summed E-state index contributed by atoms with van der Waals surface area (Å²) in [6.07, 6.45) is 6.43. The first-order valence-electron chi connectivity index (χ1n) is 10.5. The highest BCUT2D eigenvalue weighted by Crippen LogP contribution is 2.26. The lowest BCUT2D eigenvalue weighted by Crippen LogP contribution is -2.27. The predicted molar refractivity (Wildman–Crippen MR) is 134 cm³/mol. The minimum absolute atomic E-state index is 0.276. The molecule has 0 radical (unpaired) electrons. The first kappa shape index (κ1) is 24.3. The minimum Gasteiger partial charge on any atom is -0.398 e. The molecule has 3 aromatic rings. The van der Waals surface area contributed by atoms with Crippen LogP contribution < -0.4 is 16.4 Å². The van der Waals surface area contributed by atoms with E-state index in [0.29, 0.717) is 34.7 Å². The van der Waals surface area contributed by atoms with E-state index in [9.17, 15) is 9.59 Å². The van der Waals surface area contributed by atoms with Crippen LogP contribution in [0.4, 0.5) is 21.9 Å². The standard InChI is InChI=1S/C24H28N8O2/c1-31(2)14-15-7-18(12-27-10-15)29-23(33)22(26)20-9-16(5-6-21(20)25)17-8-19(13-28-11-17)30-24(34)32(3)4/h5-13,26H,14,25H2,1-4H3,(H,29,33)(H,30,34). The molecule has 2 aromatic heterocycles. The molecule has 176 valence electrons. The molecule has 0 unspecified atom stereocenters. The Bertz CT molecular complexity index is 1220. The molecule has 3 amide bonds. The summed E-state index contributed by atoms with van der Waals surface area (Å²) in [7, 11) is 7.17. The van der Waals surface area contributed by atoms with Gasteiger partial charge in [0.05, 0.1) is 23.8 Å². The molecule has 0 aliphatic carbocycles. The van der Waals surface area contributed by atoms with Crippen LogP contribution in [0.15, 0.2) is 55.1 Å². The molecule has 0 bridgehead atoms. The molecular weight excluding hydrogens is 432 g/mol. The number of nitrogens with two attached hydrogens (primary N) is 1. The molecule has 0 aliphatic rings.